The van der Waals surface area contributed by atoms with Crippen molar-refractivity contribution in [1.82, 2.24) is 9.62 Å². The van der Waals surface area contributed by atoms with Crippen molar-refractivity contribution < 1.29 is 22.7 Å². The van der Waals surface area contributed by atoms with Gasteiger partial charge in [0.1, 0.15) is 4.90 Å². The second-order valence-corrected chi connectivity index (χ2v) is 9.44. The average Bonchev–Trinajstić information content (AvgIpc) is 2.78. The van der Waals surface area contributed by atoms with Crippen LogP contribution in [0.1, 0.15) is 55.6 Å². The van der Waals surface area contributed by atoms with E-state index in [9.17, 15) is 18.0 Å². The maximum absolute atomic E-state index is 12.8. The lowest BCUT2D eigenvalue weighted by atomic mass is 10.0. The van der Waals surface area contributed by atoms with Crippen LogP contribution in [0.15, 0.2) is 53.4 Å². The molecule has 0 aliphatic heterocycles. The highest BCUT2D eigenvalue weighted by atomic mass is 35.5. The van der Waals surface area contributed by atoms with Crippen LogP contribution in [0.4, 0.5) is 0 Å². The summed E-state index contributed by atoms with van der Waals surface area (Å²) < 4.78 is 32.0. The molecule has 0 fully saturated rings. The van der Waals surface area contributed by atoms with Crippen LogP contribution in [0, 0.1) is 0 Å². The Balaban J connectivity index is 2.09. The van der Waals surface area contributed by atoms with Crippen LogP contribution in [0.5, 0.6) is 0 Å². The molecule has 9 heteroatoms. The van der Waals surface area contributed by atoms with Crippen LogP contribution in [-0.2, 0) is 19.6 Å². The highest BCUT2D eigenvalue weighted by Crippen LogP contribution is 2.26. The van der Waals surface area contributed by atoms with Gasteiger partial charge >= 0.3 is 5.97 Å². The van der Waals surface area contributed by atoms with Gasteiger partial charge in [-0.05, 0) is 30.2 Å². The summed E-state index contributed by atoms with van der Waals surface area (Å²) in [6.45, 7) is 5.51. The fourth-order valence-electron chi connectivity index (χ4n) is 3.28. The Hall–Kier alpha value is -2.42. The zero-order valence-corrected chi connectivity index (χ0v) is 20.1. The molecule has 1 N–H and O–H groups in total. The number of carbonyl (C=O) groups is 2. The van der Waals surface area contributed by atoms with Gasteiger partial charge in [0, 0.05) is 13.1 Å². The highest BCUT2D eigenvalue weighted by molar-refractivity contribution is 7.89. The Bertz CT molecular complexity index is 1020. The number of amides is 1. The van der Waals surface area contributed by atoms with E-state index in [2.05, 4.69) is 5.32 Å². The number of hydrogen-bond acceptors (Lipinski definition) is 5. The molecule has 7 nitrogen and oxygen atoms in total. The molecule has 0 aliphatic carbocycles. The number of rotatable bonds is 11. The molecule has 0 aromatic heterocycles. The van der Waals surface area contributed by atoms with E-state index < -0.39 is 28.5 Å². The van der Waals surface area contributed by atoms with Gasteiger partial charge in [0.2, 0.25) is 10.0 Å². The molecule has 0 heterocycles. The van der Waals surface area contributed by atoms with Crippen molar-refractivity contribution in [3.8, 4) is 0 Å². The van der Waals surface area contributed by atoms with Crippen molar-refractivity contribution in [2.24, 2.45) is 0 Å². The fourth-order valence-corrected chi connectivity index (χ4v) is 5.24. The van der Waals surface area contributed by atoms with Crippen molar-refractivity contribution in [2.75, 3.05) is 19.7 Å². The van der Waals surface area contributed by atoms with Crippen molar-refractivity contribution in [3.05, 3.63) is 64.7 Å². The number of halogens is 1. The minimum Gasteiger partial charge on any atom is -0.452 e. The smallest absolute Gasteiger partial charge is 0.338 e. The van der Waals surface area contributed by atoms with E-state index in [-0.39, 0.29) is 34.6 Å². The molecule has 0 spiro atoms. The zero-order chi connectivity index (χ0) is 23.7. The van der Waals surface area contributed by atoms with Crippen LogP contribution in [0.25, 0.3) is 0 Å². The Morgan fingerprint density at radius 3 is 2.31 bits per heavy atom. The summed E-state index contributed by atoms with van der Waals surface area (Å²) in [5, 5.41) is 2.89. The fraction of sp³-hybridized carbons (Fsp3) is 0.391. The lowest BCUT2D eigenvalue weighted by molar-refractivity contribution is -0.125. The number of esters is 1. The average molecular weight is 481 g/mol. The maximum atomic E-state index is 12.8. The van der Waals surface area contributed by atoms with Gasteiger partial charge in [-0.3, -0.25) is 4.79 Å². The van der Waals surface area contributed by atoms with Crippen molar-refractivity contribution in [1.29, 1.82) is 0 Å². The Morgan fingerprint density at radius 2 is 1.72 bits per heavy atom. The second kappa shape index (κ2) is 12.0. The first kappa shape index (κ1) is 25.8. The van der Waals surface area contributed by atoms with Crippen LogP contribution in [0.2, 0.25) is 5.02 Å². The predicted octanol–water partition coefficient (Wildman–Crippen LogP) is 4.18. The van der Waals surface area contributed by atoms with Gasteiger partial charge in [0.15, 0.2) is 6.61 Å². The summed E-state index contributed by atoms with van der Waals surface area (Å²) in [4.78, 5) is 24.7. The number of benzene rings is 2. The molecule has 1 atom stereocenters. The molecule has 0 saturated heterocycles. The summed E-state index contributed by atoms with van der Waals surface area (Å²) in [5.41, 5.74) is 0.971. The molecule has 2 aromatic carbocycles. The van der Waals surface area contributed by atoms with Crippen molar-refractivity contribution >= 4 is 33.5 Å². The van der Waals surface area contributed by atoms with Gasteiger partial charge in [0.05, 0.1) is 16.6 Å². The minimum atomic E-state index is -3.86. The number of hydrogen-bond donors (Lipinski definition) is 1. The van der Waals surface area contributed by atoms with Gasteiger partial charge in [-0.2, -0.15) is 4.31 Å². The first-order valence-electron chi connectivity index (χ1n) is 10.6. The SMILES string of the molecule is CCCC(NC(=O)COC(=O)c1ccc(Cl)c(S(=O)(=O)N(CC)CC)c1)c1ccccc1. The molecule has 2 aromatic rings. The third kappa shape index (κ3) is 6.54. The molecule has 174 valence electrons. The number of sulfonamides is 1. The summed E-state index contributed by atoms with van der Waals surface area (Å²) in [7, 11) is -3.86. The minimum absolute atomic E-state index is 0.00102. The van der Waals surface area contributed by atoms with Crippen molar-refractivity contribution in [3.63, 3.8) is 0 Å². The normalized spacial score (nSPS) is 12.4. The largest absolute Gasteiger partial charge is 0.452 e. The van der Waals surface area contributed by atoms with E-state index >= 15 is 0 Å². The molecule has 2 rings (SSSR count). The Morgan fingerprint density at radius 1 is 1.06 bits per heavy atom. The highest BCUT2D eigenvalue weighted by Gasteiger charge is 2.26. The van der Waals surface area contributed by atoms with Gasteiger partial charge in [0.25, 0.3) is 5.91 Å². The first-order valence-corrected chi connectivity index (χ1v) is 12.4. The van der Waals surface area contributed by atoms with Crippen LogP contribution in [0.3, 0.4) is 0 Å². The van der Waals surface area contributed by atoms with Crippen molar-refractivity contribution in [2.45, 2.75) is 44.6 Å². The van der Waals surface area contributed by atoms with Crippen LogP contribution >= 0.6 is 11.6 Å². The Kier molecular flexibility index (Phi) is 9.68. The molecule has 0 saturated carbocycles. The van der Waals surface area contributed by atoms with Gasteiger partial charge < -0.3 is 10.1 Å². The van der Waals surface area contributed by atoms with E-state index in [0.717, 1.165) is 18.4 Å². The van der Waals surface area contributed by atoms with Gasteiger partial charge in [-0.15, -0.1) is 0 Å². The van der Waals surface area contributed by atoms with E-state index in [4.69, 9.17) is 16.3 Å². The third-order valence-electron chi connectivity index (χ3n) is 4.94. The lowest BCUT2D eigenvalue weighted by Gasteiger charge is -2.20. The zero-order valence-electron chi connectivity index (χ0n) is 18.5. The monoisotopic (exact) mass is 480 g/mol. The lowest BCUT2D eigenvalue weighted by Crippen LogP contribution is -2.32. The number of carbonyl (C=O) groups excluding carboxylic acids is 2. The topological polar surface area (TPSA) is 92.8 Å². The van der Waals surface area contributed by atoms with Crippen LogP contribution in [-0.4, -0.2) is 44.3 Å². The molecule has 0 bridgehead atoms. The predicted molar refractivity (Wildman–Crippen MR) is 124 cm³/mol. The van der Waals surface area contributed by atoms with E-state index in [1.807, 2.05) is 37.3 Å². The summed E-state index contributed by atoms with van der Waals surface area (Å²) in [6.07, 6.45) is 1.61. The third-order valence-corrected chi connectivity index (χ3v) is 7.47. The van der Waals surface area contributed by atoms with Gasteiger partial charge in [-0.1, -0.05) is 69.1 Å². The van der Waals surface area contributed by atoms with E-state index in [1.54, 1.807) is 13.8 Å². The summed E-state index contributed by atoms with van der Waals surface area (Å²) in [5.74, 6) is -1.25. The molecule has 1 amide bonds. The number of nitrogens with zero attached hydrogens (tertiary/aromatic N) is 1. The molecule has 32 heavy (non-hydrogen) atoms. The quantitative estimate of drug-likeness (QED) is 0.487. The summed E-state index contributed by atoms with van der Waals surface area (Å²) in [6, 6.07) is 13.2. The summed E-state index contributed by atoms with van der Waals surface area (Å²) >= 11 is 6.09. The molecular formula is C23H29ClN2O5S. The molecule has 1 unspecified atom stereocenters. The second-order valence-electron chi connectivity index (χ2n) is 7.13. The first-order chi connectivity index (χ1) is 15.2. The molecule has 0 radical (unpaired) electrons. The van der Waals surface area contributed by atoms with Gasteiger partial charge in [-0.25, -0.2) is 13.2 Å². The Labute approximate surface area is 194 Å². The maximum Gasteiger partial charge on any atom is 0.338 e. The van der Waals surface area contributed by atoms with E-state index in [0.29, 0.717) is 0 Å². The standard InChI is InChI=1S/C23H29ClN2O5S/c1-4-10-20(17-11-8-7-9-12-17)25-22(27)16-31-23(28)18-13-14-19(24)21(15-18)32(29,30)26(5-2)6-3/h7-9,11-15,20H,4-6,10,16H2,1-3H3,(H,25,27). The van der Waals surface area contributed by atoms with Crippen LogP contribution < -0.4 is 5.32 Å². The number of nitrogens with one attached hydrogen (secondary N) is 1. The number of ether oxygens (including phenoxy) is 1. The van der Waals surface area contributed by atoms with E-state index in [1.165, 1.54) is 22.5 Å². The molecule has 0 aliphatic rings. The molecular weight excluding hydrogens is 452 g/mol.